The van der Waals surface area contributed by atoms with E-state index in [1.165, 1.54) is 0 Å². The van der Waals surface area contributed by atoms with E-state index in [1.807, 2.05) is 54.6 Å². The lowest BCUT2D eigenvalue weighted by Crippen LogP contribution is -2.39. The van der Waals surface area contributed by atoms with Crippen LogP contribution < -0.4 is 14.2 Å². The normalized spacial score (nSPS) is 15.3. The Labute approximate surface area is 221 Å². The second kappa shape index (κ2) is 11.9. The second-order valence-electron chi connectivity index (χ2n) is 8.75. The van der Waals surface area contributed by atoms with E-state index >= 15 is 0 Å². The summed E-state index contributed by atoms with van der Waals surface area (Å²) in [4.78, 5) is 13.8. The fourth-order valence-electron chi connectivity index (χ4n) is 4.64. The van der Waals surface area contributed by atoms with Gasteiger partial charge in [-0.1, -0.05) is 59.6 Å². The minimum atomic E-state index is -0.751. The molecule has 1 atom stereocenters. The molecule has 8 heteroatoms. The van der Waals surface area contributed by atoms with Gasteiger partial charge in [-0.05, 0) is 66.9 Å². The minimum Gasteiger partial charge on any atom is -0.493 e. The molecule has 3 aromatic rings. The molecule has 1 aliphatic rings. The van der Waals surface area contributed by atoms with Gasteiger partial charge in [0.2, 0.25) is 5.75 Å². The zero-order valence-corrected chi connectivity index (χ0v) is 21.8. The summed E-state index contributed by atoms with van der Waals surface area (Å²) in [6.45, 7) is 1.58. The van der Waals surface area contributed by atoms with Crippen molar-refractivity contribution in [1.29, 1.82) is 0 Å². The maximum Gasteiger partial charge on any atom is 0.306 e. The summed E-state index contributed by atoms with van der Waals surface area (Å²) in [7, 11) is 3.19. The van der Waals surface area contributed by atoms with Gasteiger partial charge >= 0.3 is 5.97 Å². The number of piperidine rings is 1. The number of aliphatic carboxylic acids is 1. The molecule has 3 aromatic carbocycles. The van der Waals surface area contributed by atoms with Crippen LogP contribution in [-0.2, 0) is 11.4 Å². The van der Waals surface area contributed by atoms with Crippen molar-refractivity contribution in [1.82, 2.24) is 4.90 Å². The van der Waals surface area contributed by atoms with Crippen molar-refractivity contribution in [3.63, 3.8) is 0 Å². The summed E-state index contributed by atoms with van der Waals surface area (Å²) in [5.74, 6) is 0.490. The molecule has 1 N–H and O–H groups in total. The summed E-state index contributed by atoms with van der Waals surface area (Å²) in [6, 6.07) is 18.9. The molecule has 1 saturated heterocycles. The van der Waals surface area contributed by atoms with E-state index in [0.717, 1.165) is 16.7 Å². The van der Waals surface area contributed by atoms with Crippen LogP contribution in [0.4, 0.5) is 0 Å². The van der Waals surface area contributed by atoms with Gasteiger partial charge in [-0.15, -0.1) is 0 Å². The molecule has 0 aromatic heterocycles. The highest BCUT2D eigenvalue weighted by atomic mass is 35.5. The summed E-state index contributed by atoms with van der Waals surface area (Å²) in [5.41, 5.74) is 2.79. The zero-order valence-electron chi connectivity index (χ0n) is 20.2. The number of benzene rings is 3. The second-order valence-corrected chi connectivity index (χ2v) is 9.59. The van der Waals surface area contributed by atoms with Gasteiger partial charge in [-0.2, -0.15) is 0 Å². The smallest absolute Gasteiger partial charge is 0.306 e. The van der Waals surface area contributed by atoms with Crippen LogP contribution in [0.5, 0.6) is 17.2 Å². The lowest BCUT2D eigenvalue weighted by molar-refractivity contribution is -0.143. The Morgan fingerprint density at radius 1 is 1.00 bits per heavy atom. The standard InChI is InChI=1S/C28H29Cl2NO5/c1-34-24-14-20(15-25(35-2)27(24)36-17-18-6-4-3-5-7-18)26(22-9-8-21(29)16-23(22)30)31-12-10-19(11-13-31)28(32)33/h3-9,14-16,19,26H,10-13,17H2,1-2H3,(H,32,33). The van der Waals surface area contributed by atoms with E-state index in [2.05, 4.69) is 4.90 Å². The van der Waals surface area contributed by atoms with Gasteiger partial charge in [0, 0.05) is 10.0 Å². The van der Waals surface area contributed by atoms with Crippen LogP contribution in [0.1, 0.15) is 35.6 Å². The van der Waals surface area contributed by atoms with Crippen molar-refractivity contribution in [3.8, 4) is 17.2 Å². The Hall–Kier alpha value is -2.93. The van der Waals surface area contributed by atoms with Crippen LogP contribution in [0.25, 0.3) is 0 Å². The number of carbonyl (C=O) groups is 1. The van der Waals surface area contributed by atoms with Gasteiger partial charge in [0.05, 0.1) is 26.2 Å². The Morgan fingerprint density at radius 3 is 2.19 bits per heavy atom. The topological polar surface area (TPSA) is 68.2 Å². The summed E-state index contributed by atoms with van der Waals surface area (Å²) >= 11 is 12.9. The van der Waals surface area contributed by atoms with Gasteiger partial charge in [-0.25, -0.2) is 0 Å². The first-order valence-corrected chi connectivity index (χ1v) is 12.5. The van der Waals surface area contributed by atoms with Gasteiger partial charge in [0.1, 0.15) is 6.61 Å². The molecule has 1 heterocycles. The van der Waals surface area contributed by atoms with Gasteiger partial charge in [0.15, 0.2) is 11.5 Å². The first-order chi connectivity index (χ1) is 17.4. The van der Waals surface area contributed by atoms with Crippen LogP contribution in [0, 0.1) is 5.92 Å². The van der Waals surface area contributed by atoms with E-state index < -0.39 is 5.97 Å². The molecule has 1 aliphatic heterocycles. The van der Waals surface area contributed by atoms with Gasteiger partial charge < -0.3 is 19.3 Å². The van der Waals surface area contributed by atoms with Crippen LogP contribution in [0.2, 0.25) is 10.0 Å². The number of hydrogen-bond acceptors (Lipinski definition) is 5. The predicted molar refractivity (Wildman–Crippen MR) is 141 cm³/mol. The molecule has 0 aliphatic carbocycles. The van der Waals surface area contributed by atoms with Crippen molar-refractivity contribution in [2.24, 2.45) is 5.92 Å². The molecular formula is C28H29Cl2NO5. The highest BCUT2D eigenvalue weighted by Crippen LogP contribution is 2.44. The number of carboxylic acid groups (broad SMARTS) is 1. The van der Waals surface area contributed by atoms with Crippen molar-refractivity contribution >= 4 is 29.2 Å². The van der Waals surface area contributed by atoms with E-state index in [4.69, 9.17) is 37.4 Å². The largest absolute Gasteiger partial charge is 0.493 e. The first-order valence-electron chi connectivity index (χ1n) is 11.8. The number of rotatable bonds is 9. The maximum absolute atomic E-state index is 11.5. The highest BCUT2D eigenvalue weighted by Gasteiger charge is 2.32. The molecule has 1 unspecified atom stereocenters. The lowest BCUT2D eigenvalue weighted by atomic mass is 9.91. The van der Waals surface area contributed by atoms with E-state index in [-0.39, 0.29) is 12.0 Å². The average molecular weight is 530 g/mol. The third-order valence-electron chi connectivity index (χ3n) is 6.53. The quantitative estimate of drug-likeness (QED) is 0.342. The minimum absolute atomic E-state index is 0.254. The van der Waals surface area contributed by atoms with Crippen molar-refractivity contribution in [3.05, 3.63) is 87.4 Å². The number of ether oxygens (including phenoxy) is 3. The highest BCUT2D eigenvalue weighted by molar-refractivity contribution is 6.35. The van der Waals surface area contributed by atoms with Crippen LogP contribution in [0.15, 0.2) is 60.7 Å². The molecule has 190 valence electrons. The van der Waals surface area contributed by atoms with Crippen LogP contribution in [-0.4, -0.2) is 43.3 Å². The van der Waals surface area contributed by atoms with Crippen molar-refractivity contribution < 1.29 is 24.1 Å². The first kappa shape index (κ1) is 26.1. The number of likely N-dealkylation sites (tertiary alicyclic amines) is 1. The van der Waals surface area contributed by atoms with Crippen molar-refractivity contribution in [2.75, 3.05) is 27.3 Å². The van der Waals surface area contributed by atoms with Gasteiger partial charge in [0.25, 0.3) is 0 Å². The Kier molecular flexibility index (Phi) is 8.62. The van der Waals surface area contributed by atoms with Crippen LogP contribution >= 0.6 is 23.2 Å². The summed E-state index contributed by atoms with van der Waals surface area (Å²) < 4.78 is 17.6. The zero-order chi connectivity index (χ0) is 25.7. The number of carboxylic acids is 1. The Balaban J connectivity index is 1.73. The molecule has 36 heavy (non-hydrogen) atoms. The molecule has 4 rings (SSSR count). The maximum atomic E-state index is 11.5. The lowest BCUT2D eigenvalue weighted by Gasteiger charge is -2.37. The molecule has 0 saturated carbocycles. The summed E-state index contributed by atoms with van der Waals surface area (Å²) in [5, 5.41) is 10.6. The third-order valence-corrected chi connectivity index (χ3v) is 7.09. The SMILES string of the molecule is COc1cc(C(c2ccc(Cl)cc2Cl)N2CCC(C(=O)O)CC2)cc(OC)c1OCc1ccccc1. The Bertz CT molecular complexity index is 1170. The molecule has 0 spiro atoms. The molecule has 1 fully saturated rings. The van der Waals surface area contributed by atoms with E-state index in [9.17, 15) is 9.90 Å². The van der Waals surface area contributed by atoms with Gasteiger partial charge in [-0.3, -0.25) is 9.69 Å². The van der Waals surface area contributed by atoms with E-state index in [0.29, 0.717) is 59.8 Å². The molecule has 0 radical (unpaired) electrons. The predicted octanol–water partition coefficient (Wildman–Crippen LogP) is 6.48. The fraction of sp³-hybridized carbons (Fsp3) is 0.321. The number of methoxy groups -OCH3 is 2. The molecule has 6 nitrogen and oxygen atoms in total. The van der Waals surface area contributed by atoms with Crippen molar-refractivity contribution in [2.45, 2.75) is 25.5 Å². The van der Waals surface area contributed by atoms with E-state index in [1.54, 1.807) is 20.3 Å². The fourth-order valence-corrected chi connectivity index (χ4v) is 5.16. The number of hydrogen-bond donors (Lipinski definition) is 1. The summed E-state index contributed by atoms with van der Waals surface area (Å²) in [6.07, 6.45) is 1.12. The number of nitrogens with zero attached hydrogens (tertiary/aromatic N) is 1. The van der Waals surface area contributed by atoms with Crippen LogP contribution in [0.3, 0.4) is 0 Å². The Morgan fingerprint density at radius 2 is 1.64 bits per heavy atom. The molecular weight excluding hydrogens is 501 g/mol. The average Bonchev–Trinajstić information content (AvgIpc) is 2.89. The number of halogens is 2. The molecule has 0 bridgehead atoms. The monoisotopic (exact) mass is 529 g/mol. The third kappa shape index (κ3) is 5.89. The molecule has 0 amide bonds.